The number of methoxy groups -OCH3 is 1. The van der Waals surface area contributed by atoms with Crippen molar-refractivity contribution in [2.75, 3.05) is 26.7 Å². The Kier molecular flexibility index (Phi) is 8.17. The largest absolute Gasteiger partial charge is 0.468 e. The van der Waals surface area contributed by atoms with Gasteiger partial charge in [-0.3, -0.25) is 24.8 Å². The lowest BCUT2D eigenvalue weighted by molar-refractivity contribution is -0.384. The molecule has 0 saturated carbocycles. The molecule has 3 unspecified atom stereocenters. The summed E-state index contributed by atoms with van der Waals surface area (Å²) in [6, 6.07) is 9.43. The number of ether oxygens (including phenoxy) is 2. The van der Waals surface area contributed by atoms with E-state index in [1.165, 1.54) is 38.0 Å². The zero-order valence-electron chi connectivity index (χ0n) is 21.2. The van der Waals surface area contributed by atoms with Crippen LogP contribution in [-0.4, -0.2) is 54.2 Å². The fourth-order valence-electron chi connectivity index (χ4n) is 5.16. The number of furan rings is 1. The number of carbonyl (C=O) groups is 2. The zero-order chi connectivity index (χ0) is 26.5. The highest BCUT2D eigenvalue weighted by molar-refractivity contribution is 6.07. The first-order valence-electron chi connectivity index (χ1n) is 12.3. The minimum absolute atomic E-state index is 0.148. The third-order valence-corrected chi connectivity index (χ3v) is 6.93. The average molecular weight is 510 g/mol. The molecule has 3 atom stereocenters. The minimum Gasteiger partial charge on any atom is -0.468 e. The quantitative estimate of drug-likeness (QED) is 0.288. The fraction of sp³-hybridized carbons (Fsp3) is 0.444. The molecule has 0 N–H and O–H groups in total. The van der Waals surface area contributed by atoms with Gasteiger partial charge in [-0.2, -0.15) is 0 Å². The van der Waals surface area contributed by atoms with Crippen molar-refractivity contribution < 1.29 is 28.4 Å². The SMILES string of the molecule is COC(=O)C1C(C)=NC(C)=C(C(=O)OC(CN2CCCCC2)c2ccco2)C1c1cccc([N+](=O)[O-])c1. The number of aliphatic imine (C=N–C) groups is 1. The van der Waals surface area contributed by atoms with Crippen molar-refractivity contribution in [3.05, 3.63) is 75.4 Å². The zero-order valence-corrected chi connectivity index (χ0v) is 21.2. The molecule has 3 heterocycles. The molecule has 0 spiro atoms. The molecule has 10 heteroatoms. The molecule has 0 amide bonds. The maximum absolute atomic E-state index is 13.8. The number of hydrogen-bond donors (Lipinski definition) is 0. The Hall–Kier alpha value is -3.79. The lowest BCUT2D eigenvalue weighted by Gasteiger charge is -2.33. The summed E-state index contributed by atoms with van der Waals surface area (Å²) in [7, 11) is 1.26. The van der Waals surface area contributed by atoms with Gasteiger partial charge in [-0.1, -0.05) is 18.6 Å². The number of piperidine rings is 1. The molecule has 4 rings (SSSR count). The maximum Gasteiger partial charge on any atom is 0.337 e. The minimum atomic E-state index is -0.942. The number of nitrogens with zero attached hydrogens (tertiary/aromatic N) is 3. The number of rotatable bonds is 8. The van der Waals surface area contributed by atoms with Crippen LogP contribution in [0.4, 0.5) is 5.69 Å². The molecule has 1 saturated heterocycles. The van der Waals surface area contributed by atoms with Crippen LogP contribution in [0.5, 0.6) is 0 Å². The van der Waals surface area contributed by atoms with E-state index in [0.717, 1.165) is 25.9 Å². The van der Waals surface area contributed by atoms with Gasteiger partial charge in [0.2, 0.25) is 0 Å². The molecule has 2 aromatic rings. The van der Waals surface area contributed by atoms with Crippen molar-refractivity contribution in [2.45, 2.75) is 45.1 Å². The maximum atomic E-state index is 13.8. The second-order valence-electron chi connectivity index (χ2n) is 9.35. The average Bonchev–Trinajstić information content (AvgIpc) is 3.43. The number of allylic oxidation sites excluding steroid dienone is 1. The van der Waals surface area contributed by atoms with Crippen LogP contribution in [0.3, 0.4) is 0 Å². The van der Waals surface area contributed by atoms with Gasteiger partial charge in [0, 0.05) is 36.0 Å². The highest BCUT2D eigenvalue weighted by Crippen LogP contribution is 2.41. The van der Waals surface area contributed by atoms with Gasteiger partial charge in [-0.15, -0.1) is 0 Å². The number of likely N-dealkylation sites (tertiary alicyclic amines) is 1. The summed E-state index contributed by atoms with van der Waals surface area (Å²) < 4.78 is 16.7. The van der Waals surface area contributed by atoms with E-state index in [0.29, 0.717) is 29.3 Å². The molecule has 196 valence electrons. The lowest BCUT2D eigenvalue weighted by Crippen LogP contribution is -2.38. The first kappa shape index (κ1) is 26.3. The summed E-state index contributed by atoms with van der Waals surface area (Å²) in [6.07, 6.45) is 4.18. The Labute approximate surface area is 215 Å². The van der Waals surface area contributed by atoms with Crippen molar-refractivity contribution in [2.24, 2.45) is 10.9 Å². The van der Waals surface area contributed by atoms with Crippen molar-refractivity contribution in [3.63, 3.8) is 0 Å². The Morgan fingerprint density at radius 3 is 2.59 bits per heavy atom. The van der Waals surface area contributed by atoms with E-state index in [-0.39, 0.29) is 11.3 Å². The Bertz CT molecular complexity index is 1210. The number of non-ortho nitro benzene ring substituents is 1. The van der Waals surface area contributed by atoms with Gasteiger partial charge in [0.05, 0.1) is 23.9 Å². The lowest BCUT2D eigenvalue weighted by atomic mass is 9.75. The van der Waals surface area contributed by atoms with Crippen LogP contribution in [-0.2, 0) is 19.1 Å². The fourth-order valence-corrected chi connectivity index (χ4v) is 5.16. The molecule has 0 bridgehead atoms. The molecular weight excluding hydrogens is 478 g/mol. The number of nitro groups is 1. The molecule has 1 fully saturated rings. The van der Waals surface area contributed by atoms with E-state index in [1.807, 2.05) is 0 Å². The van der Waals surface area contributed by atoms with Crippen LogP contribution < -0.4 is 0 Å². The molecule has 0 radical (unpaired) electrons. The smallest absolute Gasteiger partial charge is 0.337 e. The predicted molar refractivity (Wildman–Crippen MR) is 135 cm³/mol. The predicted octanol–water partition coefficient (Wildman–Crippen LogP) is 4.58. The third-order valence-electron chi connectivity index (χ3n) is 6.93. The molecule has 1 aromatic carbocycles. The summed E-state index contributed by atoms with van der Waals surface area (Å²) >= 11 is 0. The van der Waals surface area contributed by atoms with E-state index in [2.05, 4.69) is 9.89 Å². The van der Waals surface area contributed by atoms with Crippen molar-refractivity contribution >= 4 is 23.3 Å². The summed E-state index contributed by atoms with van der Waals surface area (Å²) in [5.41, 5.74) is 1.28. The highest BCUT2D eigenvalue weighted by atomic mass is 16.6. The molecule has 1 aromatic heterocycles. The van der Waals surface area contributed by atoms with Crippen LogP contribution in [0.15, 0.2) is 63.3 Å². The Morgan fingerprint density at radius 1 is 1.19 bits per heavy atom. The summed E-state index contributed by atoms with van der Waals surface area (Å²) in [5, 5.41) is 11.5. The number of hydrogen-bond acceptors (Lipinski definition) is 9. The number of carbonyl (C=O) groups excluding carboxylic acids is 2. The monoisotopic (exact) mass is 509 g/mol. The second-order valence-corrected chi connectivity index (χ2v) is 9.35. The summed E-state index contributed by atoms with van der Waals surface area (Å²) in [6.45, 7) is 5.63. The van der Waals surface area contributed by atoms with E-state index in [4.69, 9.17) is 13.9 Å². The van der Waals surface area contributed by atoms with Crippen LogP contribution in [0.1, 0.15) is 56.5 Å². The van der Waals surface area contributed by atoms with E-state index in [9.17, 15) is 19.7 Å². The topological polar surface area (TPSA) is 124 Å². The number of benzene rings is 1. The first-order valence-corrected chi connectivity index (χ1v) is 12.3. The molecule has 2 aliphatic rings. The van der Waals surface area contributed by atoms with Gasteiger partial charge in [0.25, 0.3) is 5.69 Å². The van der Waals surface area contributed by atoms with Crippen molar-refractivity contribution in [1.82, 2.24) is 4.90 Å². The molecule has 0 aliphatic carbocycles. The van der Waals surface area contributed by atoms with Crippen LogP contribution >= 0.6 is 0 Å². The number of nitro benzene ring substituents is 1. The number of esters is 2. The molecule has 2 aliphatic heterocycles. The van der Waals surface area contributed by atoms with Gasteiger partial charge in [-0.25, -0.2) is 4.79 Å². The van der Waals surface area contributed by atoms with E-state index in [1.54, 1.807) is 32.0 Å². The van der Waals surface area contributed by atoms with Gasteiger partial charge in [0.1, 0.15) is 11.7 Å². The highest BCUT2D eigenvalue weighted by Gasteiger charge is 2.43. The molecule has 37 heavy (non-hydrogen) atoms. The Morgan fingerprint density at radius 2 is 1.95 bits per heavy atom. The first-order chi connectivity index (χ1) is 17.8. The third kappa shape index (κ3) is 5.80. The molecular formula is C27H31N3O7. The molecule has 10 nitrogen and oxygen atoms in total. The van der Waals surface area contributed by atoms with Gasteiger partial charge in [0.15, 0.2) is 6.10 Å². The standard InChI is InChI=1S/C27H31N3O7/c1-17-23(26(31)35-3)25(19-9-7-10-20(15-19)30(33)34)24(18(2)28-17)27(32)37-22(21-11-8-14-36-21)16-29-12-5-4-6-13-29/h7-11,14-15,22-23,25H,4-6,12-13,16H2,1-3H3. The van der Waals surface area contributed by atoms with Crippen molar-refractivity contribution in [1.29, 1.82) is 0 Å². The van der Waals surface area contributed by atoms with Crippen LogP contribution in [0.25, 0.3) is 0 Å². The normalized spacial score (nSPS) is 21.2. The second kappa shape index (κ2) is 11.5. The van der Waals surface area contributed by atoms with E-state index < -0.39 is 34.8 Å². The Balaban J connectivity index is 1.73. The summed E-state index contributed by atoms with van der Waals surface area (Å²) in [4.78, 5) is 44.4. The van der Waals surface area contributed by atoms with Crippen LogP contribution in [0, 0.1) is 16.0 Å². The van der Waals surface area contributed by atoms with Gasteiger partial charge < -0.3 is 13.9 Å². The summed E-state index contributed by atoms with van der Waals surface area (Å²) in [5.74, 6) is -2.54. The van der Waals surface area contributed by atoms with Gasteiger partial charge >= 0.3 is 11.9 Å². The van der Waals surface area contributed by atoms with Crippen LogP contribution in [0.2, 0.25) is 0 Å². The van der Waals surface area contributed by atoms with Gasteiger partial charge in [-0.05, 0) is 57.5 Å². The van der Waals surface area contributed by atoms with Crippen molar-refractivity contribution in [3.8, 4) is 0 Å². The van der Waals surface area contributed by atoms with E-state index >= 15 is 0 Å².